The number of carbonyl (C=O) groups is 1. The highest BCUT2D eigenvalue weighted by Crippen LogP contribution is 2.33. The lowest BCUT2D eigenvalue weighted by Gasteiger charge is -2.21. The first-order chi connectivity index (χ1) is 16.8. The second kappa shape index (κ2) is 12.4. The Bertz CT molecular complexity index is 1080. The maximum Gasteiger partial charge on any atom is 0.337 e. The maximum absolute atomic E-state index is 11.5. The number of para-hydroxylation sites is 1. The van der Waals surface area contributed by atoms with Crippen LogP contribution in [0.3, 0.4) is 0 Å². The number of pyridine rings is 1. The monoisotopic (exact) mass is 459 g/mol. The van der Waals surface area contributed by atoms with Gasteiger partial charge in [0.25, 0.3) is 0 Å². The van der Waals surface area contributed by atoms with Gasteiger partial charge >= 0.3 is 5.97 Å². The van der Waals surface area contributed by atoms with Gasteiger partial charge in [-0.2, -0.15) is 0 Å². The molecule has 1 aliphatic rings. The average molecular weight is 460 g/mol. The highest BCUT2D eigenvalue weighted by Gasteiger charge is 2.17. The molecule has 2 aromatic carbocycles. The highest BCUT2D eigenvalue weighted by molar-refractivity contribution is 5.93. The van der Waals surface area contributed by atoms with Crippen LogP contribution in [0.4, 0.5) is 11.4 Å². The maximum atomic E-state index is 11.5. The molecule has 0 bridgehead atoms. The molecule has 1 aromatic heterocycles. The zero-order valence-electron chi connectivity index (χ0n) is 20.4. The lowest BCUT2D eigenvalue weighted by Crippen LogP contribution is -2.12. The van der Waals surface area contributed by atoms with Crippen LogP contribution in [0.15, 0.2) is 48.5 Å². The molecule has 5 heteroatoms. The van der Waals surface area contributed by atoms with Gasteiger partial charge in [-0.05, 0) is 74.4 Å². The topological polar surface area (TPSA) is 63.2 Å². The molecule has 0 saturated heterocycles. The SMILES string of the molecule is COC(=O)c1ccc(NCCCCCCCCNc2c3c(nc4ccccc24)CCCC3)cc1. The number of rotatable bonds is 12. The van der Waals surface area contributed by atoms with E-state index in [0.29, 0.717) is 5.56 Å². The van der Waals surface area contributed by atoms with Crippen molar-refractivity contribution in [3.63, 3.8) is 0 Å². The highest BCUT2D eigenvalue weighted by atomic mass is 16.5. The van der Waals surface area contributed by atoms with Gasteiger partial charge in [0.2, 0.25) is 0 Å². The largest absolute Gasteiger partial charge is 0.465 e. The summed E-state index contributed by atoms with van der Waals surface area (Å²) in [4.78, 5) is 16.4. The van der Waals surface area contributed by atoms with Crippen molar-refractivity contribution in [1.82, 2.24) is 4.98 Å². The van der Waals surface area contributed by atoms with E-state index < -0.39 is 0 Å². The fourth-order valence-electron chi connectivity index (χ4n) is 4.82. The van der Waals surface area contributed by atoms with Crippen molar-refractivity contribution < 1.29 is 9.53 Å². The summed E-state index contributed by atoms with van der Waals surface area (Å²) < 4.78 is 4.73. The molecular weight excluding hydrogens is 422 g/mol. The van der Waals surface area contributed by atoms with Gasteiger partial charge in [-0.3, -0.25) is 4.98 Å². The third-order valence-electron chi connectivity index (χ3n) is 6.71. The van der Waals surface area contributed by atoms with E-state index in [1.165, 1.54) is 74.4 Å². The van der Waals surface area contributed by atoms with E-state index in [0.717, 1.165) is 43.6 Å². The number of aromatic nitrogens is 1. The van der Waals surface area contributed by atoms with Gasteiger partial charge in [-0.1, -0.05) is 43.9 Å². The van der Waals surface area contributed by atoms with Gasteiger partial charge in [0.05, 0.1) is 18.2 Å². The third-order valence-corrected chi connectivity index (χ3v) is 6.71. The third kappa shape index (κ3) is 6.28. The summed E-state index contributed by atoms with van der Waals surface area (Å²) in [7, 11) is 1.40. The van der Waals surface area contributed by atoms with E-state index in [1.807, 2.05) is 12.1 Å². The fraction of sp³-hybridized carbons (Fsp3) is 0.448. The summed E-state index contributed by atoms with van der Waals surface area (Å²) in [6, 6.07) is 16.0. The van der Waals surface area contributed by atoms with Crippen LogP contribution < -0.4 is 10.6 Å². The minimum atomic E-state index is -0.296. The number of aryl methyl sites for hydroxylation is 1. The predicted octanol–water partition coefficient (Wildman–Crippen LogP) is 6.76. The van der Waals surface area contributed by atoms with Gasteiger partial charge in [0.1, 0.15) is 0 Å². The Balaban J connectivity index is 1.12. The summed E-state index contributed by atoms with van der Waals surface area (Å²) in [5.74, 6) is -0.296. The molecule has 1 heterocycles. The number of benzene rings is 2. The van der Waals surface area contributed by atoms with E-state index >= 15 is 0 Å². The second-order valence-electron chi connectivity index (χ2n) is 9.18. The molecule has 0 aliphatic heterocycles. The number of carbonyl (C=O) groups excluding carboxylic acids is 1. The number of ether oxygens (including phenoxy) is 1. The number of nitrogens with one attached hydrogen (secondary N) is 2. The standard InChI is InChI=1S/C29H37N3O2/c1-34-29(33)22-16-18-23(19-17-22)30-20-10-4-2-3-5-11-21-31-28-24-12-6-8-14-26(24)32-27-15-9-7-13-25(27)28/h6,8,12,14,16-19,30H,2-5,7,9-11,13,15,20-21H2,1H3,(H,31,32). The summed E-state index contributed by atoms with van der Waals surface area (Å²) >= 11 is 0. The lowest BCUT2D eigenvalue weighted by molar-refractivity contribution is 0.0601. The number of nitrogens with zero attached hydrogens (tertiary/aromatic N) is 1. The fourth-order valence-corrected chi connectivity index (χ4v) is 4.82. The van der Waals surface area contributed by atoms with Crippen LogP contribution in [0.2, 0.25) is 0 Å². The van der Waals surface area contributed by atoms with Gasteiger partial charge in [0.15, 0.2) is 0 Å². The predicted molar refractivity (Wildman–Crippen MR) is 141 cm³/mol. The molecule has 0 amide bonds. The Morgan fingerprint density at radius 2 is 1.53 bits per heavy atom. The lowest BCUT2D eigenvalue weighted by atomic mass is 9.92. The van der Waals surface area contributed by atoms with Crippen molar-refractivity contribution in [3.05, 3.63) is 65.4 Å². The average Bonchev–Trinajstić information content (AvgIpc) is 2.89. The number of esters is 1. The zero-order chi connectivity index (χ0) is 23.6. The van der Waals surface area contributed by atoms with Crippen molar-refractivity contribution in [2.24, 2.45) is 0 Å². The summed E-state index contributed by atoms with van der Waals surface area (Å²) in [5.41, 5.74) is 6.85. The van der Waals surface area contributed by atoms with Gasteiger partial charge < -0.3 is 15.4 Å². The van der Waals surface area contributed by atoms with Crippen molar-refractivity contribution in [3.8, 4) is 0 Å². The van der Waals surface area contributed by atoms with Gasteiger partial charge in [-0.25, -0.2) is 4.79 Å². The zero-order valence-corrected chi connectivity index (χ0v) is 20.4. The minimum absolute atomic E-state index is 0.296. The van der Waals surface area contributed by atoms with E-state index in [-0.39, 0.29) is 5.97 Å². The first kappa shape index (κ1) is 24.1. The first-order valence-corrected chi connectivity index (χ1v) is 12.8. The molecule has 2 N–H and O–H groups in total. The van der Waals surface area contributed by atoms with Crippen molar-refractivity contribution in [2.45, 2.75) is 64.2 Å². The molecule has 180 valence electrons. The van der Waals surface area contributed by atoms with Crippen LogP contribution in [-0.2, 0) is 17.6 Å². The number of hydrogen-bond donors (Lipinski definition) is 2. The van der Waals surface area contributed by atoms with Gasteiger partial charge in [0, 0.05) is 35.5 Å². The van der Waals surface area contributed by atoms with Crippen LogP contribution in [0, 0.1) is 0 Å². The molecule has 0 saturated carbocycles. The Labute approximate surface area is 203 Å². The quantitative estimate of drug-likeness (QED) is 0.231. The summed E-state index contributed by atoms with van der Waals surface area (Å²) in [6.45, 7) is 1.99. The molecule has 0 fully saturated rings. The Hall–Kier alpha value is -3.08. The first-order valence-electron chi connectivity index (χ1n) is 12.8. The second-order valence-corrected chi connectivity index (χ2v) is 9.18. The smallest absolute Gasteiger partial charge is 0.337 e. The molecule has 0 atom stereocenters. The molecule has 4 rings (SSSR count). The number of anilines is 2. The molecule has 0 unspecified atom stereocenters. The van der Waals surface area contributed by atoms with Crippen LogP contribution in [0.25, 0.3) is 10.9 Å². The number of unbranched alkanes of at least 4 members (excludes halogenated alkanes) is 5. The summed E-state index contributed by atoms with van der Waals surface area (Å²) in [5, 5.41) is 8.48. The molecular formula is C29H37N3O2. The molecule has 3 aromatic rings. The molecule has 34 heavy (non-hydrogen) atoms. The number of hydrogen-bond acceptors (Lipinski definition) is 5. The summed E-state index contributed by atoms with van der Waals surface area (Å²) in [6.07, 6.45) is 12.2. The van der Waals surface area contributed by atoms with Crippen molar-refractivity contribution in [2.75, 3.05) is 30.8 Å². The minimum Gasteiger partial charge on any atom is -0.465 e. The van der Waals surface area contributed by atoms with E-state index in [1.54, 1.807) is 12.1 Å². The molecule has 0 spiro atoms. The van der Waals surface area contributed by atoms with Gasteiger partial charge in [-0.15, -0.1) is 0 Å². The molecule has 5 nitrogen and oxygen atoms in total. The molecule has 1 aliphatic carbocycles. The van der Waals surface area contributed by atoms with Crippen LogP contribution in [0.1, 0.15) is 73.0 Å². The Morgan fingerprint density at radius 3 is 2.29 bits per heavy atom. The number of methoxy groups -OCH3 is 1. The van der Waals surface area contributed by atoms with Crippen LogP contribution in [0.5, 0.6) is 0 Å². The van der Waals surface area contributed by atoms with Crippen LogP contribution in [-0.4, -0.2) is 31.2 Å². The van der Waals surface area contributed by atoms with E-state index in [2.05, 4.69) is 34.9 Å². The van der Waals surface area contributed by atoms with Crippen molar-refractivity contribution in [1.29, 1.82) is 0 Å². The van der Waals surface area contributed by atoms with E-state index in [4.69, 9.17) is 9.72 Å². The Kier molecular flexibility index (Phi) is 8.78. The Morgan fingerprint density at radius 1 is 0.853 bits per heavy atom. The van der Waals surface area contributed by atoms with E-state index in [9.17, 15) is 4.79 Å². The number of fused-ring (bicyclic) bond motifs is 2. The normalized spacial score (nSPS) is 12.9. The van der Waals surface area contributed by atoms with Crippen LogP contribution >= 0.6 is 0 Å². The molecule has 0 radical (unpaired) electrons. The van der Waals surface area contributed by atoms with Crippen molar-refractivity contribution >= 4 is 28.2 Å².